The first-order chi connectivity index (χ1) is 11.0. The maximum Gasteiger partial charge on any atom is 0.129 e. The summed E-state index contributed by atoms with van der Waals surface area (Å²) in [6, 6.07) is 16.5. The van der Waals surface area contributed by atoms with Gasteiger partial charge in [0.05, 0.1) is 0 Å². The van der Waals surface area contributed by atoms with Crippen molar-refractivity contribution in [1.29, 1.82) is 0 Å². The molecule has 2 nitrogen and oxygen atoms in total. The Morgan fingerprint density at radius 1 is 1.00 bits per heavy atom. The Balaban J connectivity index is 1.80. The monoisotopic (exact) mass is 329 g/mol. The van der Waals surface area contributed by atoms with Crippen LogP contribution in [0.5, 0.6) is 5.75 Å². The lowest BCUT2D eigenvalue weighted by Gasteiger charge is -2.26. The number of benzene rings is 2. The maximum atomic E-state index is 9.73. The normalized spacial score (nSPS) is 11.6. The van der Waals surface area contributed by atoms with Gasteiger partial charge in [-0.05, 0) is 69.2 Å². The molecule has 0 amide bonds. The number of nitrogens with one attached hydrogen (secondary N) is 1. The molecule has 3 heteroatoms. The summed E-state index contributed by atoms with van der Waals surface area (Å²) in [5.41, 5.74) is 2.78. The summed E-state index contributed by atoms with van der Waals surface area (Å²) in [6.45, 7) is 5.47. The molecule has 2 N–H and O–H groups in total. The Hall–Kier alpha value is -1.45. The number of rotatable bonds is 8. The highest BCUT2D eigenvalue weighted by molar-refractivity contribution is 7.98. The summed E-state index contributed by atoms with van der Waals surface area (Å²) < 4.78 is 0. The lowest BCUT2D eigenvalue weighted by atomic mass is 9.95. The number of aryl methyl sites for hydroxylation is 1. The molecule has 23 heavy (non-hydrogen) atoms. The molecule has 124 valence electrons. The van der Waals surface area contributed by atoms with Crippen molar-refractivity contribution in [2.24, 2.45) is 0 Å². The Kier molecular flexibility index (Phi) is 6.55. The Labute approximate surface area is 144 Å². The molecule has 0 atom stereocenters. The molecule has 2 rings (SSSR count). The van der Waals surface area contributed by atoms with Crippen molar-refractivity contribution in [2.75, 3.05) is 12.8 Å². The van der Waals surface area contributed by atoms with Crippen LogP contribution in [-0.2, 0) is 12.8 Å². The van der Waals surface area contributed by atoms with Gasteiger partial charge in [-0.2, -0.15) is 0 Å². The number of hydrogen-bond donors (Lipinski definition) is 2. The molecular weight excluding hydrogens is 302 g/mol. The first kappa shape index (κ1) is 17.9. The van der Waals surface area contributed by atoms with E-state index >= 15 is 0 Å². The topological polar surface area (TPSA) is 32.3 Å². The summed E-state index contributed by atoms with van der Waals surface area (Å²) in [6.07, 6.45) is 5.17. The second-order valence-electron chi connectivity index (χ2n) is 6.55. The van der Waals surface area contributed by atoms with E-state index in [0.717, 1.165) is 30.7 Å². The fourth-order valence-electron chi connectivity index (χ4n) is 2.61. The van der Waals surface area contributed by atoms with Crippen molar-refractivity contribution >= 4 is 11.8 Å². The minimum absolute atomic E-state index is 0.120. The molecule has 2 aromatic rings. The summed E-state index contributed by atoms with van der Waals surface area (Å²) >= 11 is 1.58. The zero-order valence-corrected chi connectivity index (χ0v) is 15.1. The third-order valence-corrected chi connectivity index (χ3v) is 4.91. The predicted molar refractivity (Wildman–Crippen MR) is 100 cm³/mol. The summed E-state index contributed by atoms with van der Waals surface area (Å²) in [7, 11) is 0. The van der Waals surface area contributed by atoms with E-state index in [2.05, 4.69) is 55.6 Å². The molecule has 0 heterocycles. The standard InChI is InChI=1S/C20H27NOS/c1-20(2,13-11-16-7-5-4-6-8-16)21-14-12-17-9-10-18(22)19(15-17)23-3/h4-10,15,21-22H,11-14H2,1-3H3. The molecule has 0 aromatic heterocycles. The van der Waals surface area contributed by atoms with Gasteiger partial charge < -0.3 is 10.4 Å². The van der Waals surface area contributed by atoms with Crippen LogP contribution in [-0.4, -0.2) is 23.4 Å². The van der Waals surface area contributed by atoms with E-state index in [-0.39, 0.29) is 5.54 Å². The summed E-state index contributed by atoms with van der Waals surface area (Å²) in [5.74, 6) is 0.373. The molecule has 0 saturated heterocycles. The predicted octanol–water partition coefficient (Wildman–Crippen LogP) is 4.66. The number of thioether (sulfide) groups is 1. The first-order valence-corrected chi connectivity index (χ1v) is 9.37. The fraction of sp³-hybridized carbons (Fsp3) is 0.400. The van der Waals surface area contributed by atoms with E-state index in [1.807, 2.05) is 12.3 Å². The molecule has 0 unspecified atom stereocenters. The van der Waals surface area contributed by atoms with Crippen LogP contribution in [0, 0.1) is 0 Å². The second kappa shape index (κ2) is 8.42. The summed E-state index contributed by atoms with van der Waals surface area (Å²) in [4.78, 5) is 0.950. The summed E-state index contributed by atoms with van der Waals surface area (Å²) in [5, 5.41) is 13.4. The van der Waals surface area contributed by atoms with Gasteiger partial charge in [0.2, 0.25) is 0 Å². The first-order valence-electron chi connectivity index (χ1n) is 8.15. The largest absolute Gasteiger partial charge is 0.507 e. The number of phenolic OH excluding ortho intramolecular Hbond substituents is 1. The smallest absolute Gasteiger partial charge is 0.129 e. The van der Waals surface area contributed by atoms with Gasteiger partial charge >= 0.3 is 0 Å². The van der Waals surface area contributed by atoms with Gasteiger partial charge in [0, 0.05) is 10.4 Å². The molecule has 0 spiro atoms. The molecular formula is C20H27NOS. The minimum Gasteiger partial charge on any atom is -0.507 e. The number of phenols is 1. The van der Waals surface area contributed by atoms with Crippen LogP contribution in [0.2, 0.25) is 0 Å². The molecule has 0 fully saturated rings. The van der Waals surface area contributed by atoms with E-state index in [4.69, 9.17) is 0 Å². The van der Waals surface area contributed by atoms with Crippen LogP contribution < -0.4 is 5.32 Å². The lowest BCUT2D eigenvalue weighted by Crippen LogP contribution is -2.40. The van der Waals surface area contributed by atoms with Crippen LogP contribution in [0.3, 0.4) is 0 Å². The van der Waals surface area contributed by atoms with E-state index in [1.165, 1.54) is 11.1 Å². The average Bonchev–Trinajstić information content (AvgIpc) is 2.55. The average molecular weight is 330 g/mol. The maximum absolute atomic E-state index is 9.73. The number of hydrogen-bond acceptors (Lipinski definition) is 3. The van der Waals surface area contributed by atoms with Gasteiger partial charge in [-0.1, -0.05) is 36.4 Å². The zero-order valence-electron chi connectivity index (χ0n) is 14.3. The SMILES string of the molecule is CSc1cc(CCNC(C)(C)CCc2ccccc2)ccc1O. The van der Waals surface area contributed by atoms with E-state index in [9.17, 15) is 5.11 Å². The zero-order chi connectivity index (χ0) is 16.7. The molecule has 0 aliphatic rings. The molecule has 0 aliphatic carbocycles. The van der Waals surface area contributed by atoms with Crippen LogP contribution in [0.1, 0.15) is 31.4 Å². The minimum atomic E-state index is 0.120. The van der Waals surface area contributed by atoms with Crippen molar-refractivity contribution in [3.8, 4) is 5.75 Å². The van der Waals surface area contributed by atoms with Gasteiger partial charge in [0.25, 0.3) is 0 Å². The molecule has 2 aromatic carbocycles. The molecule has 0 aliphatic heterocycles. The van der Waals surface area contributed by atoms with E-state index in [1.54, 1.807) is 17.8 Å². The number of aromatic hydroxyl groups is 1. The van der Waals surface area contributed by atoms with Crippen molar-refractivity contribution < 1.29 is 5.11 Å². The highest BCUT2D eigenvalue weighted by Crippen LogP contribution is 2.27. The van der Waals surface area contributed by atoms with Crippen LogP contribution >= 0.6 is 11.8 Å². The van der Waals surface area contributed by atoms with Gasteiger partial charge in [-0.25, -0.2) is 0 Å². The van der Waals surface area contributed by atoms with Crippen LogP contribution in [0.4, 0.5) is 0 Å². The van der Waals surface area contributed by atoms with Gasteiger partial charge in [-0.15, -0.1) is 11.8 Å². The van der Waals surface area contributed by atoms with Crippen molar-refractivity contribution in [3.63, 3.8) is 0 Å². The third kappa shape index (κ3) is 5.92. The third-order valence-electron chi connectivity index (χ3n) is 4.14. The van der Waals surface area contributed by atoms with Crippen molar-refractivity contribution in [2.45, 2.75) is 43.5 Å². The van der Waals surface area contributed by atoms with Crippen LogP contribution in [0.15, 0.2) is 53.4 Å². The van der Waals surface area contributed by atoms with Gasteiger partial charge in [0.15, 0.2) is 0 Å². The Morgan fingerprint density at radius 3 is 2.43 bits per heavy atom. The lowest BCUT2D eigenvalue weighted by molar-refractivity contribution is 0.365. The second-order valence-corrected chi connectivity index (χ2v) is 7.40. The Bertz CT molecular complexity index is 610. The van der Waals surface area contributed by atoms with Crippen molar-refractivity contribution in [3.05, 3.63) is 59.7 Å². The van der Waals surface area contributed by atoms with Gasteiger partial charge in [-0.3, -0.25) is 0 Å². The van der Waals surface area contributed by atoms with Crippen LogP contribution in [0.25, 0.3) is 0 Å². The molecule has 0 saturated carbocycles. The Morgan fingerprint density at radius 2 is 1.74 bits per heavy atom. The van der Waals surface area contributed by atoms with E-state index < -0.39 is 0 Å². The fourth-order valence-corrected chi connectivity index (χ4v) is 3.16. The quantitative estimate of drug-likeness (QED) is 0.691. The van der Waals surface area contributed by atoms with E-state index in [0.29, 0.717) is 5.75 Å². The molecule has 0 bridgehead atoms. The molecule has 0 radical (unpaired) electrons. The highest BCUT2D eigenvalue weighted by atomic mass is 32.2. The highest BCUT2D eigenvalue weighted by Gasteiger charge is 2.16. The van der Waals surface area contributed by atoms with Gasteiger partial charge in [0.1, 0.15) is 5.75 Å². The van der Waals surface area contributed by atoms with Crippen molar-refractivity contribution in [1.82, 2.24) is 5.32 Å².